The van der Waals surface area contributed by atoms with E-state index in [9.17, 15) is 14.4 Å². The largest absolute Gasteiger partial charge is 0.480 e. The Labute approximate surface area is 137 Å². The van der Waals surface area contributed by atoms with E-state index in [-0.39, 0.29) is 25.0 Å². The van der Waals surface area contributed by atoms with Gasteiger partial charge in [0.1, 0.15) is 6.04 Å². The summed E-state index contributed by atoms with van der Waals surface area (Å²) in [4.78, 5) is 34.2. The first kappa shape index (κ1) is 20.7. The molecule has 0 aliphatic heterocycles. The summed E-state index contributed by atoms with van der Waals surface area (Å²) < 4.78 is 0. The molecule has 1 aliphatic rings. The fourth-order valence-electron chi connectivity index (χ4n) is 2.46. The first-order valence-electron chi connectivity index (χ1n) is 7.59. The van der Waals surface area contributed by atoms with Crippen molar-refractivity contribution in [3.8, 4) is 0 Å². The zero-order valence-electron chi connectivity index (χ0n) is 12.9. The van der Waals surface area contributed by atoms with Gasteiger partial charge < -0.3 is 10.4 Å². The van der Waals surface area contributed by atoms with E-state index < -0.39 is 23.9 Å². The minimum atomic E-state index is -0.990. The summed E-state index contributed by atoms with van der Waals surface area (Å²) in [5.74, 6) is -1.51. The van der Waals surface area contributed by atoms with Gasteiger partial charge in [0.05, 0.1) is 6.54 Å². The quantitative estimate of drug-likeness (QED) is 0.562. The van der Waals surface area contributed by atoms with Gasteiger partial charge in [-0.1, -0.05) is 32.6 Å². The Kier molecular flexibility index (Phi) is 10.6. The maximum atomic E-state index is 11.6. The molecule has 1 unspecified atom stereocenters. The smallest absolute Gasteiger partial charge is 0.321 e. The van der Waals surface area contributed by atoms with E-state index >= 15 is 0 Å². The number of aliphatic carboxylic acids is 1. The van der Waals surface area contributed by atoms with Crippen molar-refractivity contribution in [2.75, 3.05) is 6.54 Å². The Morgan fingerprint density at radius 2 is 1.82 bits per heavy atom. The molecular weight excluding hydrogens is 310 g/mol. The standard InChI is InChI=1S/C14H25N3O4.ClH/c1-2-6-11(13(19)20)15-9-12(18)17-14(21)16-10-7-4-3-5-8-10;/h10-11,15H,2-9H2,1H3,(H,19,20)(H2,16,17,18,21);1H. The lowest BCUT2D eigenvalue weighted by molar-refractivity contribution is -0.139. The number of nitrogens with one attached hydrogen (secondary N) is 3. The molecule has 22 heavy (non-hydrogen) atoms. The molecule has 1 fully saturated rings. The highest BCUT2D eigenvalue weighted by Crippen LogP contribution is 2.17. The van der Waals surface area contributed by atoms with E-state index in [4.69, 9.17) is 5.11 Å². The third-order valence-corrected chi connectivity index (χ3v) is 3.58. The summed E-state index contributed by atoms with van der Waals surface area (Å²) in [5, 5.41) is 16.6. The van der Waals surface area contributed by atoms with Crippen LogP contribution in [0.5, 0.6) is 0 Å². The molecule has 0 aromatic rings. The van der Waals surface area contributed by atoms with E-state index in [0.717, 1.165) is 25.7 Å². The average Bonchev–Trinajstić information content (AvgIpc) is 2.44. The van der Waals surface area contributed by atoms with Crippen molar-refractivity contribution in [3.63, 3.8) is 0 Å². The predicted molar refractivity (Wildman–Crippen MR) is 85.1 cm³/mol. The van der Waals surface area contributed by atoms with Crippen LogP contribution in [0, 0.1) is 0 Å². The van der Waals surface area contributed by atoms with Gasteiger partial charge in [0.2, 0.25) is 5.91 Å². The number of carbonyl (C=O) groups is 3. The van der Waals surface area contributed by atoms with Crippen molar-refractivity contribution in [1.82, 2.24) is 16.0 Å². The lowest BCUT2D eigenvalue weighted by Crippen LogP contribution is -2.49. The normalized spacial score (nSPS) is 16.2. The highest BCUT2D eigenvalue weighted by atomic mass is 35.5. The fraction of sp³-hybridized carbons (Fsp3) is 0.786. The van der Waals surface area contributed by atoms with Crippen LogP contribution < -0.4 is 16.0 Å². The molecule has 0 bridgehead atoms. The Morgan fingerprint density at radius 1 is 1.18 bits per heavy atom. The third kappa shape index (κ3) is 8.19. The first-order chi connectivity index (χ1) is 10.0. The number of halogens is 1. The van der Waals surface area contributed by atoms with Crippen molar-refractivity contribution in [2.45, 2.75) is 64.0 Å². The van der Waals surface area contributed by atoms with Crippen LogP contribution in [0.1, 0.15) is 51.9 Å². The molecule has 0 spiro atoms. The average molecular weight is 336 g/mol. The van der Waals surface area contributed by atoms with Crippen LogP contribution >= 0.6 is 12.4 Å². The number of imide groups is 1. The van der Waals surface area contributed by atoms with E-state index in [0.29, 0.717) is 12.8 Å². The van der Waals surface area contributed by atoms with Crippen LogP contribution in [-0.2, 0) is 9.59 Å². The van der Waals surface area contributed by atoms with Crippen molar-refractivity contribution in [1.29, 1.82) is 0 Å². The van der Waals surface area contributed by atoms with Crippen molar-refractivity contribution < 1.29 is 19.5 Å². The van der Waals surface area contributed by atoms with Gasteiger partial charge in [0, 0.05) is 6.04 Å². The number of urea groups is 1. The summed E-state index contributed by atoms with van der Waals surface area (Å²) in [6.45, 7) is 1.68. The second kappa shape index (κ2) is 11.3. The number of hydrogen-bond donors (Lipinski definition) is 4. The summed E-state index contributed by atoms with van der Waals surface area (Å²) >= 11 is 0. The van der Waals surface area contributed by atoms with Crippen LogP contribution in [0.2, 0.25) is 0 Å². The fourth-order valence-corrected chi connectivity index (χ4v) is 2.46. The highest BCUT2D eigenvalue weighted by Gasteiger charge is 2.19. The van der Waals surface area contributed by atoms with Crippen LogP contribution in [0.3, 0.4) is 0 Å². The Bertz CT molecular complexity index is 373. The van der Waals surface area contributed by atoms with Gasteiger partial charge in [-0.25, -0.2) is 4.79 Å². The molecule has 1 saturated carbocycles. The maximum absolute atomic E-state index is 11.6. The van der Waals surface area contributed by atoms with E-state index in [1.54, 1.807) is 0 Å². The molecule has 1 atom stereocenters. The van der Waals surface area contributed by atoms with Gasteiger partial charge in [-0.05, 0) is 19.3 Å². The predicted octanol–water partition coefficient (Wildman–Crippen LogP) is 1.41. The van der Waals surface area contributed by atoms with Crippen LogP contribution in [-0.4, -0.2) is 41.6 Å². The molecule has 7 nitrogen and oxygen atoms in total. The van der Waals surface area contributed by atoms with Crippen molar-refractivity contribution in [3.05, 3.63) is 0 Å². The number of carboxylic acid groups (broad SMARTS) is 1. The molecule has 0 aromatic carbocycles. The van der Waals surface area contributed by atoms with Gasteiger partial charge in [0.25, 0.3) is 0 Å². The molecule has 0 saturated heterocycles. The number of rotatable bonds is 7. The van der Waals surface area contributed by atoms with Gasteiger partial charge in [-0.15, -0.1) is 12.4 Å². The molecule has 0 radical (unpaired) electrons. The van der Waals surface area contributed by atoms with Crippen LogP contribution in [0.15, 0.2) is 0 Å². The van der Waals surface area contributed by atoms with Gasteiger partial charge in [-0.2, -0.15) is 0 Å². The van der Waals surface area contributed by atoms with Crippen LogP contribution in [0.4, 0.5) is 4.79 Å². The molecule has 128 valence electrons. The van der Waals surface area contributed by atoms with Crippen molar-refractivity contribution in [2.24, 2.45) is 0 Å². The lowest BCUT2D eigenvalue weighted by Gasteiger charge is -2.22. The second-order valence-corrected chi connectivity index (χ2v) is 5.42. The molecule has 0 heterocycles. The topological polar surface area (TPSA) is 108 Å². The Hall–Kier alpha value is -1.34. The third-order valence-electron chi connectivity index (χ3n) is 3.58. The minimum absolute atomic E-state index is 0. The van der Waals surface area contributed by atoms with E-state index in [1.165, 1.54) is 6.42 Å². The summed E-state index contributed by atoms with van der Waals surface area (Å²) in [6.07, 6.45) is 6.41. The monoisotopic (exact) mass is 335 g/mol. The SMILES string of the molecule is CCCC(NCC(=O)NC(=O)NC1CCCCC1)C(=O)O.Cl. The lowest BCUT2D eigenvalue weighted by atomic mass is 9.96. The molecule has 0 aromatic heterocycles. The maximum Gasteiger partial charge on any atom is 0.321 e. The van der Waals surface area contributed by atoms with Crippen molar-refractivity contribution >= 4 is 30.3 Å². The molecule has 8 heteroatoms. The molecular formula is C14H26ClN3O4. The first-order valence-corrected chi connectivity index (χ1v) is 7.59. The summed E-state index contributed by atoms with van der Waals surface area (Å²) in [5.41, 5.74) is 0. The molecule has 3 amide bonds. The molecule has 1 rings (SSSR count). The number of carbonyl (C=O) groups excluding carboxylic acids is 2. The van der Waals surface area contributed by atoms with E-state index in [1.807, 2.05) is 6.92 Å². The number of amides is 3. The van der Waals surface area contributed by atoms with Crippen LogP contribution in [0.25, 0.3) is 0 Å². The minimum Gasteiger partial charge on any atom is -0.480 e. The van der Waals surface area contributed by atoms with Gasteiger partial charge in [0.15, 0.2) is 0 Å². The Morgan fingerprint density at radius 3 is 2.36 bits per heavy atom. The zero-order chi connectivity index (χ0) is 15.7. The Balaban J connectivity index is 0.00000441. The van der Waals surface area contributed by atoms with Gasteiger partial charge >= 0.3 is 12.0 Å². The van der Waals surface area contributed by atoms with Gasteiger partial charge in [-0.3, -0.25) is 20.2 Å². The number of hydrogen-bond acceptors (Lipinski definition) is 4. The second-order valence-electron chi connectivity index (χ2n) is 5.42. The molecule has 1 aliphatic carbocycles. The molecule has 4 N–H and O–H groups in total. The highest BCUT2D eigenvalue weighted by molar-refractivity contribution is 5.95. The zero-order valence-corrected chi connectivity index (χ0v) is 13.7. The number of carboxylic acids is 1. The summed E-state index contributed by atoms with van der Waals surface area (Å²) in [7, 11) is 0. The van der Waals surface area contributed by atoms with E-state index in [2.05, 4.69) is 16.0 Å². The summed E-state index contributed by atoms with van der Waals surface area (Å²) in [6, 6.07) is -1.13.